The van der Waals surface area contributed by atoms with E-state index in [0.29, 0.717) is 13.2 Å². The molecule has 0 saturated carbocycles. The molecule has 1 saturated heterocycles. The average Bonchev–Trinajstić information content (AvgIpc) is 3.45. The summed E-state index contributed by atoms with van der Waals surface area (Å²) >= 11 is 0. The second kappa shape index (κ2) is 14.4. The van der Waals surface area contributed by atoms with Crippen LogP contribution in [-0.2, 0) is 42.6 Å². The van der Waals surface area contributed by atoms with Crippen molar-refractivity contribution in [2.75, 3.05) is 6.61 Å². The maximum atomic E-state index is 12.4. The largest absolute Gasteiger partial charge is 0.368 e. The monoisotopic (exact) mass is 584 g/mol. The van der Waals surface area contributed by atoms with Crippen LogP contribution in [0.4, 0.5) is 0 Å². The Morgan fingerprint density at radius 3 is 1.34 bits per heavy atom. The van der Waals surface area contributed by atoms with Gasteiger partial charge in [-0.3, -0.25) is 0 Å². The number of rotatable bonds is 13. The highest BCUT2D eigenvalue weighted by atomic mass is 16.6. The molecule has 0 bridgehead atoms. The summed E-state index contributed by atoms with van der Waals surface area (Å²) in [6.07, 6.45) is -1.70. The molecular formula is C39H36O5. The zero-order chi connectivity index (χ0) is 30.0. The summed E-state index contributed by atoms with van der Waals surface area (Å²) in [6.45, 7) is 0.844. The predicted octanol–water partition coefficient (Wildman–Crippen LogP) is 7.13. The molecule has 0 amide bonds. The molecule has 1 heterocycles. The first kappa shape index (κ1) is 29.7. The fourth-order valence-electron chi connectivity index (χ4n) is 5.90. The lowest BCUT2D eigenvalue weighted by atomic mass is 9.80. The molecule has 1 aliphatic heterocycles. The van der Waals surface area contributed by atoms with E-state index in [9.17, 15) is 4.79 Å². The van der Waals surface area contributed by atoms with E-state index in [1.807, 2.05) is 115 Å². The summed E-state index contributed by atoms with van der Waals surface area (Å²) in [5, 5.41) is 0. The van der Waals surface area contributed by atoms with Gasteiger partial charge in [-0.15, -0.1) is 0 Å². The summed E-state index contributed by atoms with van der Waals surface area (Å²) in [6, 6.07) is 50.5. The quantitative estimate of drug-likeness (QED) is 0.109. The van der Waals surface area contributed by atoms with Crippen LogP contribution in [-0.4, -0.2) is 37.3 Å². The Kier molecular flexibility index (Phi) is 9.70. The molecule has 4 atom stereocenters. The summed E-state index contributed by atoms with van der Waals surface area (Å²) < 4.78 is 26.4. The third-order valence-electron chi connectivity index (χ3n) is 8.06. The Morgan fingerprint density at radius 2 is 0.932 bits per heavy atom. The van der Waals surface area contributed by atoms with Gasteiger partial charge in [0.05, 0.1) is 19.8 Å². The number of carbonyl (C=O) groups is 1. The van der Waals surface area contributed by atoms with E-state index in [1.165, 1.54) is 0 Å². The number of ether oxygens (including phenoxy) is 4. The van der Waals surface area contributed by atoms with Crippen molar-refractivity contribution in [3.8, 4) is 0 Å². The average molecular weight is 585 g/mol. The van der Waals surface area contributed by atoms with Crippen LogP contribution in [0.5, 0.6) is 0 Å². The van der Waals surface area contributed by atoms with Gasteiger partial charge < -0.3 is 23.7 Å². The van der Waals surface area contributed by atoms with Crippen LogP contribution in [0.15, 0.2) is 152 Å². The standard InChI is InChI=1S/C39H36O5/c40-26-35-37(41-27-30-16-6-1-7-17-30)38(42-28-31-18-8-2-9-19-31)36(44-35)29-43-39(32-20-10-3-11-21-32,33-22-12-4-13-23-33)34-24-14-5-15-25-34/h1-26,35-38H,27-29H2/t35-,36-,37-,38-/m1/s1. The van der Waals surface area contributed by atoms with E-state index in [1.54, 1.807) is 0 Å². The second-order valence-electron chi connectivity index (χ2n) is 10.9. The molecule has 1 fully saturated rings. The maximum absolute atomic E-state index is 12.4. The van der Waals surface area contributed by atoms with Gasteiger partial charge in [0.25, 0.3) is 0 Å². The van der Waals surface area contributed by atoms with Gasteiger partial charge in [0.2, 0.25) is 0 Å². The minimum atomic E-state index is -0.934. The molecule has 6 rings (SSSR count). The van der Waals surface area contributed by atoms with Crippen LogP contribution in [0.2, 0.25) is 0 Å². The van der Waals surface area contributed by atoms with Gasteiger partial charge in [-0.05, 0) is 27.8 Å². The Labute approximate surface area is 259 Å². The molecule has 5 nitrogen and oxygen atoms in total. The number of benzene rings is 5. The Morgan fingerprint density at radius 1 is 0.545 bits per heavy atom. The number of carbonyl (C=O) groups excluding carboxylic acids is 1. The summed E-state index contributed by atoms with van der Waals surface area (Å²) in [7, 11) is 0. The zero-order valence-corrected chi connectivity index (χ0v) is 24.5. The van der Waals surface area contributed by atoms with Gasteiger partial charge in [-0.2, -0.15) is 0 Å². The molecule has 0 unspecified atom stereocenters. The lowest BCUT2D eigenvalue weighted by Crippen LogP contribution is -2.42. The van der Waals surface area contributed by atoms with Gasteiger partial charge in [-0.25, -0.2) is 0 Å². The fraction of sp³-hybridized carbons (Fsp3) is 0.205. The van der Waals surface area contributed by atoms with E-state index in [4.69, 9.17) is 18.9 Å². The highest BCUT2D eigenvalue weighted by Crippen LogP contribution is 2.41. The molecule has 0 N–H and O–H groups in total. The van der Waals surface area contributed by atoms with Crippen molar-refractivity contribution in [1.29, 1.82) is 0 Å². The second-order valence-corrected chi connectivity index (χ2v) is 10.9. The van der Waals surface area contributed by atoms with Crippen molar-refractivity contribution in [3.63, 3.8) is 0 Å². The van der Waals surface area contributed by atoms with E-state index in [2.05, 4.69) is 36.4 Å². The van der Waals surface area contributed by atoms with E-state index < -0.39 is 30.0 Å². The van der Waals surface area contributed by atoms with E-state index in [-0.39, 0.29) is 6.61 Å². The molecule has 0 aliphatic carbocycles. The predicted molar refractivity (Wildman–Crippen MR) is 170 cm³/mol. The van der Waals surface area contributed by atoms with E-state index in [0.717, 1.165) is 34.1 Å². The lowest BCUT2D eigenvalue weighted by molar-refractivity contribution is -0.126. The lowest BCUT2D eigenvalue weighted by Gasteiger charge is -2.37. The maximum Gasteiger partial charge on any atom is 0.151 e. The van der Waals surface area contributed by atoms with Crippen molar-refractivity contribution >= 4 is 6.29 Å². The van der Waals surface area contributed by atoms with Crippen molar-refractivity contribution in [3.05, 3.63) is 179 Å². The normalized spacial score (nSPS) is 19.9. The van der Waals surface area contributed by atoms with Crippen molar-refractivity contribution in [2.24, 2.45) is 0 Å². The van der Waals surface area contributed by atoms with E-state index >= 15 is 0 Å². The molecule has 5 aromatic rings. The number of hydrogen-bond donors (Lipinski definition) is 0. The highest BCUT2D eigenvalue weighted by molar-refractivity contribution is 5.58. The van der Waals surface area contributed by atoms with Crippen LogP contribution in [0.1, 0.15) is 27.8 Å². The van der Waals surface area contributed by atoms with Gasteiger partial charge in [0.1, 0.15) is 30.0 Å². The fourth-order valence-corrected chi connectivity index (χ4v) is 5.90. The minimum absolute atomic E-state index is 0.160. The molecule has 44 heavy (non-hydrogen) atoms. The van der Waals surface area contributed by atoms with Gasteiger partial charge >= 0.3 is 0 Å². The van der Waals surface area contributed by atoms with Crippen LogP contribution in [0, 0.1) is 0 Å². The third kappa shape index (κ3) is 6.57. The van der Waals surface area contributed by atoms with Crippen molar-refractivity contribution < 1.29 is 23.7 Å². The summed E-state index contributed by atoms with van der Waals surface area (Å²) in [4.78, 5) is 12.4. The SMILES string of the molecule is O=C[C@H]1O[C@H](COC(c2ccccc2)(c2ccccc2)c2ccccc2)[C@@H](OCc2ccccc2)[C@@H]1OCc1ccccc1. The number of hydrogen-bond acceptors (Lipinski definition) is 5. The Balaban J connectivity index is 1.34. The minimum Gasteiger partial charge on any atom is -0.368 e. The molecule has 0 radical (unpaired) electrons. The molecule has 0 spiro atoms. The van der Waals surface area contributed by atoms with Gasteiger partial charge in [0.15, 0.2) is 6.29 Å². The van der Waals surface area contributed by atoms with Gasteiger partial charge in [-0.1, -0.05) is 152 Å². The van der Waals surface area contributed by atoms with Gasteiger partial charge in [0, 0.05) is 0 Å². The zero-order valence-electron chi connectivity index (χ0n) is 24.5. The first-order chi connectivity index (χ1) is 21.8. The summed E-state index contributed by atoms with van der Waals surface area (Å²) in [5.41, 5.74) is 4.06. The number of aldehydes is 1. The Bertz CT molecular complexity index is 1470. The molecule has 1 aliphatic rings. The van der Waals surface area contributed by atoms with Crippen LogP contribution in [0.3, 0.4) is 0 Å². The first-order valence-electron chi connectivity index (χ1n) is 15.0. The molecule has 5 aromatic carbocycles. The first-order valence-corrected chi connectivity index (χ1v) is 15.0. The molecule has 5 heteroatoms. The smallest absolute Gasteiger partial charge is 0.151 e. The van der Waals surface area contributed by atoms with Crippen LogP contribution < -0.4 is 0 Å². The topological polar surface area (TPSA) is 54.0 Å². The van der Waals surface area contributed by atoms with Crippen molar-refractivity contribution in [1.82, 2.24) is 0 Å². The molecule has 0 aromatic heterocycles. The molecular weight excluding hydrogens is 548 g/mol. The molecule has 222 valence electrons. The summed E-state index contributed by atoms with van der Waals surface area (Å²) in [5.74, 6) is 0. The highest BCUT2D eigenvalue weighted by Gasteiger charge is 2.48. The third-order valence-corrected chi connectivity index (χ3v) is 8.06. The Hall–Kier alpha value is -4.39. The van der Waals surface area contributed by atoms with Crippen LogP contribution in [0.25, 0.3) is 0 Å². The van der Waals surface area contributed by atoms with Crippen LogP contribution >= 0.6 is 0 Å². The van der Waals surface area contributed by atoms with Crippen molar-refractivity contribution in [2.45, 2.75) is 43.2 Å².